The maximum atomic E-state index is 10.7. The fraction of sp³-hybridized carbons (Fsp3) is 0.467. The summed E-state index contributed by atoms with van der Waals surface area (Å²) < 4.78 is 16.7. The van der Waals surface area contributed by atoms with Crippen molar-refractivity contribution in [2.24, 2.45) is 0 Å². The topological polar surface area (TPSA) is 51.8 Å². The summed E-state index contributed by atoms with van der Waals surface area (Å²) >= 11 is 5.97. The normalized spacial score (nSPS) is 20.1. The molecule has 20 heavy (non-hydrogen) atoms. The Kier molecular flexibility index (Phi) is 3.73. The van der Waals surface area contributed by atoms with E-state index in [2.05, 4.69) is 0 Å². The van der Waals surface area contributed by atoms with Crippen molar-refractivity contribution in [1.82, 2.24) is 0 Å². The molecule has 5 heteroatoms. The number of ether oxygens (including phenoxy) is 2. The van der Waals surface area contributed by atoms with Gasteiger partial charge in [-0.3, -0.25) is 0 Å². The molecule has 3 rings (SSSR count). The fourth-order valence-electron chi connectivity index (χ4n) is 2.73. The first kappa shape index (κ1) is 13.9. The number of halogens is 1. The first-order valence-corrected chi connectivity index (χ1v) is 7.02. The van der Waals surface area contributed by atoms with Gasteiger partial charge in [0.1, 0.15) is 23.0 Å². The Bertz CT molecular complexity index is 601. The molecule has 1 aliphatic rings. The molecule has 4 nitrogen and oxygen atoms in total. The van der Waals surface area contributed by atoms with Crippen LogP contribution in [0.1, 0.15) is 24.7 Å². The number of aliphatic hydroxyl groups is 1. The van der Waals surface area contributed by atoms with Crippen molar-refractivity contribution in [3.8, 4) is 0 Å². The van der Waals surface area contributed by atoms with Crippen LogP contribution in [0.4, 0.5) is 0 Å². The standard InChI is InChI=1S/C15H17ClO4/c1-18-15(4-6-19-7-5-15)14(17)13-9-10-8-11(16)2-3-12(10)20-13/h2-3,8-9,14,17H,4-7H2,1H3. The lowest BCUT2D eigenvalue weighted by Gasteiger charge is -2.38. The second-order valence-corrected chi connectivity index (χ2v) is 5.55. The van der Waals surface area contributed by atoms with Crippen LogP contribution in [0.25, 0.3) is 11.0 Å². The first-order valence-electron chi connectivity index (χ1n) is 6.64. The fourth-order valence-corrected chi connectivity index (χ4v) is 2.92. The number of benzene rings is 1. The predicted molar refractivity (Wildman–Crippen MR) is 76.0 cm³/mol. The molecular formula is C15H17ClO4. The SMILES string of the molecule is COC1(C(O)c2cc3cc(Cl)ccc3o2)CCOCC1. The van der Waals surface area contributed by atoms with Crippen molar-refractivity contribution < 1.29 is 19.0 Å². The first-order chi connectivity index (χ1) is 9.64. The number of rotatable bonds is 3. The second kappa shape index (κ2) is 5.37. The molecule has 0 spiro atoms. The molecule has 0 bridgehead atoms. The smallest absolute Gasteiger partial charge is 0.141 e. The Morgan fingerprint density at radius 1 is 1.30 bits per heavy atom. The highest BCUT2D eigenvalue weighted by atomic mass is 35.5. The van der Waals surface area contributed by atoms with Gasteiger partial charge in [0.15, 0.2) is 0 Å². The van der Waals surface area contributed by atoms with Crippen LogP contribution in [0.5, 0.6) is 0 Å². The minimum Gasteiger partial charge on any atom is -0.458 e. The molecule has 1 saturated heterocycles. The molecule has 108 valence electrons. The number of furan rings is 1. The average Bonchev–Trinajstić information content (AvgIpc) is 2.90. The summed E-state index contributed by atoms with van der Waals surface area (Å²) in [6, 6.07) is 7.21. The molecule has 1 fully saturated rings. The van der Waals surface area contributed by atoms with Crippen LogP contribution < -0.4 is 0 Å². The summed E-state index contributed by atoms with van der Waals surface area (Å²) in [5.74, 6) is 0.506. The summed E-state index contributed by atoms with van der Waals surface area (Å²) in [4.78, 5) is 0. The number of hydrogen-bond acceptors (Lipinski definition) is 4. The van der Waals surface area contributed by atoms with Gasteiger partial charge in [-0.25, -0.2) is 0 Å². The molecule has 1 aliphatic heterocycles. The zero-order valence-electron chi connectivity index (χ0n) is 11.3. The van der Waals surface area contributed by atoms with E-state index in [0.717, 1.165) is 5.39 Å². The average molecular weight is 297 g/mol. The highest BCUT2D eigenvalue weighted by Crippen LogP contribution is 2.39. The van der Waals surface area contributed by atoms with Crippen molar-refractivity contribution in [3.05, 3.63) is 35.0 Å². The molecule has 2 heterocycles. The predicted octanol–water partition coefficient (Wildman–Crippen LogP) is 3.32. The molecule has 2 aromatic rings. The molecule has 1 unspecified atom stereocenters. The van der Waals surface area contributed by atoms with Gasteiger partial charge in [0, 0.05) is 43.6 Å². The van der Waals surface area contributed by atoms with Gasteiger partial charge in [0.25, 0.3) is 0 Å². The lowest BCUT2D eigenvalue weighted by molar-refractivity contribution is -0.159. The molecular weight excluding hydrogens is 280 g/mol. The van der Waals surface area contributed by atoms with Crippen LogP contribution in [0, 0.1) is 0 Å². The highest BCUT2D eigenvalue weighted by Gasteiger charge is 2.42. The molecule has 1 aromatic heterocycles. The molecule has 1 aromatic carbocycles. The summed E-state index contributed by atoms with van der Waals surface area (Å²) in [5.41, 5.74) is 0.0670. The van der Waals surface area contributed by atoms with Gasteiger partial charge in [0.2, 0.25) is 0 Å². The van der Waals surface area contributed by atoms with E-state index in [4.69, 9.17) is 25.5 Å². The number of methoxy groups -OCH3 is 1. The van der Waals surface area contributed by atoms with E-state index in [0.29, 0.717) is 42.4 Å². The van der Waals surface area contributed by atoms with E-state index in [-0.39, 0.29) is 0 Å². The van der Waals surface area contributed by atoms with Gasteiger partial charge in [-0.2, -0.15) is 0 Å². The Balaban J connectivity index is 1.96. The van der Waals surface area contributed by atoms with Crippen molar-refractivity contribution >= 4 is 22.6 Å². The summed E-state index contributed by atoms with van der Waals surface area (Å²) in [6.07, 6.45) is 0.466. The third-order valence-electron chi connectivity index (χ3n) is 4.01. The van der Waals surface area contributed by atoms with Crippen LogP contribution in [0.2, 0.25) is 5.02 Å². The number of hydrogen-bond donors (Lipinski definition) is 1. The molecule has 0 radical (unpaired) electrons. The Labute approximate surface area is 122 Å². The van der Waals surface area contributed by atoms with E-state index in [1.165, 1.54) is 0 Å². The lowest BCUT2D eigenvalue weighted by atomic mass is 9.86. The van der Waals surface area contributed by atoms with Crippen molar-refractivity contribution in [2.45, 2.75) is 24.5 Å². The van der Waals surface area contributed by atoms with Gasteiger partial charge in [-0.1, -0.05) is 11.6 Å². The quantitative estimate of drug-likeness (QED) is 0.944. The lowest BCUT2D eigenvalue weighted by Crippen LogP contribution is -2.43. The van der Waals surface area contributed by atoms with E-state index in [1.807, 2.05) is 12.1 Å². The summed E-state index contributed by atoms with van der Waals surface area (Å²) in [6.45, 7) is 1.16. The Hall–Kier alpha value is -1.07. The monoisotopic (exact) mass is 296 g/mol. The molecule has 0 amide bonds. The largest absolute Gasteiger partial charge is 0.458 e. The maximum Gasteiger partial charge on any atom is 0.141 e. The number of aliphatic hydroxyl groups excluding tert-OH is 1. The zero-order chi connectivity index (χ0) is 14.2. The van der Waals surface area contributed by atoms with Crippen LogP contribution in [-0.4, -0.2) is 31.0 Å². The molecule has 1 N–H and O–H groups in total. The minimum absolute atomic E-state index is 0.506. The Morgan fingerprint density at radius 2 is 2.05 bits per heavy atom. The van der Waals surface area contributed by atoms with Crippen LogP contribution in [0.15, 0.2) is 28.7 Å². The van der Waals surface area contributed by atoms with E-state index in [1.54, 1.807) is 19.2 Å². The van der Waals surface area contributed by atoms with Gasteiger partial charge in [0.05, 0.1) is 0 Å². The molecule has 1 atom stereocenters. The number of fused-ring (bicyclic) bond motifs is 1. The van der Waals surface area contributed by atoms with Crippen molar-refractivity contribution in [3.63, 3.8) is 0 Å². The summed E-state index contributed by atoms with van der Waals surface area (Å²) in [7, 11) is 1.62. The van der Waals surface area contributed by atoms with E-state index < -0.39 is 11.7 Å². The molecule has 0 aliphatic carbocycles. The van der Waals surface area contributed by atoms with Gasteiger partial charge >= 0.3 is 0 Å². The van der Waals surface area contributed by atoms with E-state index >= 15 is 0 Å². The van der Waals surface area contributed by atoms with Crippen LogP contribution in [-0.2, 0) is 9.47 Å². The van der Waals surface area contributed by atoms with Crippen LogP contribution in [0.3, 0.4) is 0 Å². The van der Waals surface area contributed by atoms with Gasteiger partial charge in [-0.05, 0) is 24.3 Å². The third-order valence-corrected chi connectivity index (χ3v) is 4.25. The summed E-state index contributed by atoms with van der Waals surface area (Å²) in [5, 5.41) is 12.2. The van der Waals surface area contributed by atoms with Gasteiger partial charge in [-0.15, -0.1) is 0 Å². The zero-order valence-corrected chi connectivity index (χ0v) is 12.0. The van der Waals surface area contributed by atoms with Gasteiger partial charge < -0.3 is 19.0 Å². The minimum atomic E-state index is -0.817. The van der Waals surface area contributed by atoms with Crippen molar-refractivity contribution in [1.29, 1.82) is 0 Å². The highest BCUT2D eigenvalue weighted by molar-refractivity contribution is 6.31. The van der Waals surface area contributed by atoms with Crippen molar-refractivity contribution in [2.75, 3.05) is 20.3 Å². The van der Waals surface area contributed by atoms with Crippen LogP contribution >= 0.6 is 11.6 Å². The second-order valence-electron chi connectivity index (χ2n) is 5.11. The Morgan fingerprint density at radius 3 is 2.75 bits per heavy atom. The third kappa shape index (κ3) is 2.33. The maximum absolute atomic E-state index is 10.7. The van der Waals surface area contributed by atoms with E-state index in [9.17, 15) is 5.11 Å². The molecule has 0 saturated carbocycles.